The zero-order valence-electron chi connectivity index (χ0n) is 23.1. The summed E-state index contributed by atoms with van der Waals surface area (Å²) >= 11 is 0. The average Bonchev–Trinajstić information content (AvgIpc) is 2.94. The summed E-state index contributed by atoms with van der Waals surface area (Å²) in [6.07, 6.45) is -2.22. The molecule has 1 heterocycles. The summed E-state index contributed by atoms with van der Waals surface area (Å²) in [4.78, 5) is 50.2. The van der Waals surface area contributed by atoms with E-state index < -0.39 is 53.8 Å². The lowest BCUT2D eigenvalue weighted by molar-refractivity contribution is -0.169. The maximum Gasteiger partial charge on any atom is 0.351 e. The number of aliphatic hydroxyl groups excluding tert-OH is 1. The minimum absolute atomic E-state index is 0.0656. The Balaban J connectivity index is 1.78. The van der Waals surface area contributed by atoms with Crippen LogP contribution in [0.3, 0.4) is 0 Å². The second-order valence-electron chi connectivity index (χ2n) is 9.97. The molecule has 0 aliphatic rings. The average molecular weight is 569 g/mol. The molecule has 2 aromatic carbocycles. The van der Waals surface area contributed by atoms with Gasteiger partial charge >= 0.3 is 5.92 Å². The van der Waals surface area contributed by atoms with Crippen LogP contribution >= 0.6 is 0 Å². The van der Waals surface area contributed by atoms with Crippen molar-refractivity contribution in [2.24, 2.45) is 5.92 Å². The van der Waals surface area contributed by atoms with E-state index in [9.17, 15) is 24.3 Å². The van der Waals surface area contributed by atoms with Crippen molar-refractivity contribution in [2.75, 3.05) is 11.9 Å². The van der Waals surface area contributed by atoms with E-state index in [0.717, 1.165) is 10.1 Å². The fourth-order valence-electron chi connectivity index (χ4n) is 4.31. The lowest BCUT2D eigenvalue weighted by atomic mass is 9.93. The van der Waals surface area contributed by atoms with Crippen molar-refractivity contribution in [1.82, 2.24) is 15.2 Å². The van der Waals surface area contributed by atoms with E-state index in [1.165, 1.54) is 26.8 Å². The summed E-state index contributed by atoms with van der Waals surface area (Å²) in [5.74, 6) is -7.91. The topological polar surface area (TPSA) is 130 Å². The number of benzene rings is 2. The summed E-state index contributed by atoms with van der Waals surface area (Å²) in [6.45, 7) is 3.59. The van der Waals surface area contributed by atoms with E-state index in [-0.39, 0.29) is 12.2 Å². The van der Waals surface area contributed by atoms with Gasteiger partial charge in [-0.15, -0.1) is 0 Å². The molecular formula is C30H34F2N4O5. The van der Waals surface area contributed by atoms with Crippen LogP contribution in [0, 0.1) is 5.92 Å². The summed E-state index contributed by atoms with van der Waals surface area (Å²) in [5, 5.41) is 17.5. The molecule has 3 rings (SSSR count). The van der Waals surface area contributed by atoms with E-state index in [4.69, 9.17) is 0 Å². The van der Waals surface area contributed by atoms with Crippen LogP contribution in [0.25, 0.3) is 11.3 Å². The molecule has 9 nitrogen and oxygen atoms in total. The van der Waals surface area contributed by atoms with Crippen LogP contribution in [0.4, 0.5) is 14.5 Å². The first-order chi connectivity index (χ1) is 19.4. The molecule has 0 bridgehead atoms. The number of nitrogens with one attached hydrogen (secondary N) is 3. The second kappa shape index (κ2) is 13.8. The molecule has 0 saturated carbocycles. The Morgan fingerprint density at radius 3 is 2.15 bits per heavy atom. The van der Waals surface area contributed by atoms with Crippen LogP contribution in [0.5, 0.6) is 0 Å². The molecule has 0 aliphatic carbocycles. The number of alkyl halides is 2. The standard InChI is InChI=1S/C30H34F2N4O5/c1-19(2)26(27(39)30(31,32)29(41)33-17-16-21-10-6-4-7-11-21)35-25(38)18-36-24(22-12-8-5-9-13-22)15-14-23(28(36)40)34-20(3)37/h4-15,19,26-27,39H,16-18H2,1-3H3,(H,33,41)(H,34,37)(H,35,38). The minimum atomic E-state index is -4.21. The molecule has 0 saturated heterocycles. The number of rotatable bonds is 12. The van der Waals surface area contributed by atoms with Gasteiger partial charge in [0.2, 0.25) is 11.8 Å². The smallest absolute Gasteiger partial charge is 0.351 e. The van der Waals surface area contributed by atoms with Crippen molar-refractivity contribution in [2.45, 2.75) is 51.8 Å². The first kappa shape index (κ1) is 31.2. The summed E-state index contributed by atoms with van der Waals surface area (Å²) in [7, 11) is 0. The first-order valence-electron chi connectivity index (χ1n) is 13.2. The summed E-state index contributed by atoms with van der Waals surface area (Å²) < 4.78 is 31.2. The maximum atomic E-state index is 15.0. The Hall–Kier alpha value is -4.38. The number of anilines is 1. The lowest BCUT2D eigenvalue weighted by Crippen LogP contribution is -2.59. The SMILES string of the molecule is CC(=O)Nc1ccc(-c2ccccc2)n(CC(=O)NC(C(C)C)C(O)C(F)(F)C(=O)NCCc2ccccc2)c1=O. The molecule has 4 N–H and O–H groups in total. The van der Waals surface area contributed by atoms with E-state index in [1.54, 1.807) is 60.7 Å². The molecule has 11 heteroatoms. The van der Waals surface area contributed by atoms with Gasteiger partial charge in [0.15, 0.2) is 0 Å². The van der Waals surface area contributed by atoms with Gasteiger partial charge in [0.1, 0.15) is 18.3 Å². The predicted molar refractivity (Wildman–Crippen MR) is 151 cm³/mol. The Morgan fingerprint density at radius 2 is 1.56 bits per heavy atom. The summed E-state index contributed by atoms with van der Waals surface area (Å²) in [5.41, 5.74) is 1.05. The fourth-order valence-corrected chi connectivity index (χ4v) is 4.31. The molecule has 2 unspecified atom stereocenters. The van der Waals surface area contributed by atoms with Gasteiger partial charge in [0.25, 0.3) is 11.5 Å². The molecule has 0 radical (unpaired) electrons. The Bertz CT molecular complexity index is 1410. The number of hydrogen-bond acceptors (Lipinski definition) is 5. The van der Waals surface area contributed by atoms with Crippen LogP contribution in [-0.2, 0) is 27.3 Å². The molecule has 1 aromatic heterocycles. The highest BCUT2D eigenvalue weighted by atomic mass is 19.3. The van der Waals surface area contributed by atoms with Crippen molar-refractivity contribution < 1.29 is 28.3 Å². The Kier molecular flexibility index (Phi) is 10.5. The molecule has 3 aromatic rings. The van der Waals surface area contributed by atoms with Gasteiger partial charge in [0, 0.05) is 13.5 Å². The number of amides is 3. The van der Waals surface area contributed by atoms with Crippen LogP contribution in [-0.4, -0.2) is 52.0 Å². The molecule has 41 heavy (non-hydrogen) atoms. The normalized spacial score (nSPS) is 12.9. The van der Waals surface area contributed by atoms with Crippen molar-refractivity contribution in [1.29, 1.82) is 0 Å². The van der Waals surface area contributed by atoms with Gasteiger partial charge in [-0.05, 0) is 35.6 Å². The number of hydrogen-bond donors (Lipinski definition) is 4. The molecule has 0 spiro atoms. The number of nitrogens with zero attached hydrogens (tertiary/aromatic N) is 1. The lowest BCUT2D eigenvalue weighted by Gasteiger charge is -2.32. The van der Waals surface area contributed by atoms with E-state index >= 15 is 8.78 Å². The highest BCUT2D eigenvalue weighted by Crippen LogP contribution is 2.25. The van der Waals surface area contributed by atoms with E-state index in [2.05, 4.69) is 16.0 Å². The number of halogens is 2. The van der Waals surface area contributed by atoms with Crippen LogP contribution in [0.15, 0.2) is 77.6 Å². The van der Waals surface area contributed by atoms with Crippen LogP contribution < -0.4 is 21.5 Å². The first-order valence-corrected chi connectivity index (χ1v) is 13.2. The largest absolute Gasteiger partial charge is 0.384 e. The third kappa shape index (κ3) is 8.07. The zero-order chi connectivity index (χ0) is 30.2. The third-order valence-corrected chi connectivity index (χ3v) is 6.46. The number of aromatic nitrogens is 1. The second-order valence-corrected chi connectivity index (χ2v) is 9.97. The minimum Gasteiger partial charge on any atom is -0.384 e. The number of carbonyl (C=O) groups is 3. The number of pyridine rings is 1. The Labute approximate surface area is 236 Å². The monoisotopic (exact) mass is 568 g/mol. The van der Waals surface area contributed by atoms with E-state index in [0.29, 0.717) is 17.7 Å². The van der Waals surface area contributed by atoms with Gasteiger partial charge < -0.3 is 21.1 Å². The van der Waals surface area contributed by atoms with Crippen LogP contribution in [0.2, 0.25) is 0 Å². The summed E-state index contributed by atoms with van der Waals surface area (Å²) in [6, 6.07) is 19.1. The van der Waals surface area contributed by atoms with E-state index in [1.807, 2.05) is 6.07 Å². The number of aliphatic hydroxyl groups is 1. The zero-order valence-corrected chi connectivity index (χ0v) is 23.1. The third-order valence-electron chi connectivity index (χ3n) is 6.46. The molecule has 0 aliphatic heterocycles. The molecule has 218 valence electrons. The van der Waals surface area contributed by atoms with Crippen LogP contribution in [0.1, 0.15) is 26.3 Å². The maximum absolute atomic E-state index is 15.0. The predicted octanol–water partition coefficient (Wildman–Crippen LogP) is 2.97. The van der Waals surface area contributed by atoms with Crippen molar-refractivity contribution in [3.63, 3.8) is 0 Å². The van der Waals surface area contributed by atoms with Gasteiger partial charge in [-0.1, -0.05) is 74.5 Å². The molecule has 0 fully saturated rings. The quantitative estimate of drug-likeness (QED) is 0.267. The highest BCUT2D eigenvalue weighted by Gasteiger charge is 2.51. The van der Waals surface area contributed by atoms with Gasteiger partial charge in [-0.25, -0.2) is 0 Å². The van der Waals surface area contributed by atoms with Crippen molar-refractivity contribution in [3.05, 3.63) is 88.7 Å². The van der Waals surface area contributed by atoms with Gasteiger partial charge in [0.05, 0.1) is 11.7 Å². The number of carbonyl (C=O) groups excluding carboxylic acids is 3. The Morgan fingerprint density at radius 1 is 0.951 bits per heavy atom. The van der Waals surface area contributed by atoms with Crippen molar-refractivity contribution >= 4 is 23.4 Å². The van der Waals surface area contributed by atoms with Gasteiger partial charge in [-0.3, -0.25) is 23.7 Å². The molecule has 3 amide bonds. The molecular weight excluding hydrogens is 534 g/mol. The van der Waals surface area contributed by atoms with Gasteiger partial charge in [-0.2, -0.15) is 8.78 Å². The molecule has 2 atom stereocenters. The van der Waals surface area contributed by atoms with Crippen molar-refractivity contribution in [3.8, 4) is 11.3 Å². The fraction of sp³-hybridized carbons (Fsp3) is 0.333. The highest BCUT2D eigenvalue weighted by molar-refractivity contribution is 5.89.